The van der Waals surface area contributed by atoms with Crippen molar-refractivity contribution < 1.29 is 9.53 Å². The summed E-state index contributed by atoms with van der Waals surface area (Å²) in [5, 5.41) is 2.85. The van der Waals surface area contributed by atoms with Crippen LogP contribution in [0.25, 0.3) is 0 Å². The molecule has 0 fully saturated rings. The van der Waals surface area contributed by atoms with Gasteiger partial charge in [0.1, 0.15) is 0 Å². The fourth-order valence-corrected chi connectivity index (χ4v) is 1.62. The van der Waals surface area contributed by atoms with Gasteiger partial charge in [-0.3, -0.25) is 4.79 Å². The number of nitrogens with one attached hydrogen (secondary N) is 1. The van der Waals surface area contributed by atoms with Crippen LogP contribution in [-0.2, 0) is 9.53 Å². The summed E-state index contributed by atoms with van der Waals surface area (Å²) >= 11 is 4.88. The Balaban J connectivity index is 3.79. The predicted molar refractivity (Wildman–Crippen MR) is 69.3 cm³/mol. The number of carbonyl (C=O) groups is 1. The lowest BCUT2D eigenvalue weighted by Gasteiger charge is -2.14. The van der Waals surface area contributed by atoms with E-state index < -0.39 is 0 Å². The lowest BCUT2D eigenvalue weighted by atomic mass is 10.0. The van der Waals surface area contributed by atoms with Gasteiger partial charge in [0.05, 0.1) is 10.9 Å². The molecule has 4 nitrogen and oxygen atoms in total. The van der Waals surface area contributed by atoms with Crippen molar-refractivity contribution in [1.29, 1.82) is 0 Å². The van der Waals surface area contributed by atoms with Crippen LogP contribution >= 0.6 is 12.2 Å². The molecular weight excluding hydrogens is 224 g/mol. The summed E-state index contributed by atoms with van der Waals surface area (Å²) in [5.74, 6) is -0.366. The van der Waals surface area contributed by atoms with E-state index in [1.807, 2.05) is 6.92 Å². The minimum Gasteiger partial charge on any atom is -0.393 e. The van der Waals surface area contributed by atoms with Crippen molar-refractivity contribution in [1.82, 2.24) is 5.32 Å². The largest absolute Gasteiger partial charge is 0.393 e. The standard InChI is InChI=1S/C11H22N2O2S/c1-3-6-9(10(12)16)11(14)13-7-4-5-8-15-2/h9H,3-8H2,1-2H3,(H2,12,16)(H,13,14). The van der Waals surface area contributed by atoms with Gasteiger partial charge in [-0.1, -0.05) is 25.6 Å². The van der Waals surface area contributed by atoms with Gasteiger partial charge in [-0.2, -0.15) is 0 Å². The molecule has 94 valence electrons. The number of rotatable bonds is 9. The number of thiocarbonyl (C=S) groups is 1. The number of ether oxygens (including phenoxy) is 1. The van der Waals surface area contributed by atoms with Crippen LogP contribution in [0.2, 0.25) is 0 Å². The predicted octanol–water partition coefficient (Wildman–Crippen LogP) is 1.23. The van der Waals surface area contributed by atoms with Gasteiger partial charge in [-0.15, -0.1) is 0 Å². The molecule has 0 bridgehead atoms. The van der Waals surface area contributed by atoms with Crippen LogP contribution in [0.4, 0.5) is 0 Å². The van der Waals surface area contributed by atoms with E-state index in [0.29, 0.717) is 6.54 Å². The third kappa shape index (κ3) is 6.74. The highest BCUT2D eigenvalue weighted by Gasteiger charge is 2.19. The van der Waals surface area contributed by atoms with Gasteiger partial charge in [-0.05, 0) is 19.3 Å². The minimum absolute atomic E-state index is 0.0493. The summed E-state index contributed by atoms with van der Waals surface area (Å²) in [6.45, 7) is 3.39. The van der Waals surface area contributed by atoms with Crippen LogP contribution in [0, 0.1) is 5.92 Å². The van der Waals surface area contributed by atoms with Crippen LogP contribution in [-0.4, -0.2) is 31.2 Å². The quantitative estimate of drug-likeness (QED) is 0.474. The van der Waals surface area contributed by atoms with Crippen molar-refractivity contribution in [3.63, 3.8) is 0 Å². The van der Waals surface area contributed by atoms with Gasteiger partial charge in [0.2, 0.25) is 5.91 Å². The van der Waals surface area contributed by atoms with Gasteiger partial charge in [0, 0.05) is 20.3 Å². The van der Waals surface area contributed by atoms with E-state index in [9.17, 15) is 4.79 Å². The Morgan fingerprint density at radius 3 is 2.69 bits per heavy atom. The summed E-state index contributed by atoms with van der Waals surface area (Å²) in [7, 11) is 1.67. The molecule has 5 heteroatoms. The van der Waals surface area contributed by atoms with E-state index in [-0.39, 0.29) is 16.8 Å². The molecule has 0 aromatic rings. The van der Waals surface area contributed by atoms with Crippen LogP contribution in [0.5, 0.6) is 0 Å². The number of hydrogen-bond donors (Lipinski definition) is 2. The molecule has 0 saturated heterocycles. The van der Waals surface area contributed by atoms with Crippen molar-refractivity contribution in [2.24, 2.45) is 11.7 Å². The molecule has 0 aliphatic carbocycles. The number of unbranched alkanes of at least 4 members (excludes halogenated alkanes) is 1. The molecule has 0 aliphatic heterocycles. The second-order valence-electron chi connectivity index (χ2n) is 3.73. The summed E-state index contributed by atoms with van der Waals surface area (Å²) in [6, 6.07) is 0. The Kier molecular flexibility index (Phi) is 9.13. The molecule has 16 heavy (non-hydrogen) atoms. The third-order valence-corrected chi connectivity index (χ3v) is 2.60. The topological polar surface area (TPSA) is 64.3 Å². The average molecular weight is 246 g/mol. The first kappa shape index (κ1) is 15.3. The maximum Gasteiger partial charge on any atom is 0.229 e. The Morgan fingerprint density at radius 1 is 1.50 bits per heavy atom. The van der Waals surface area contributed by atoms with Gasteiger partial charge in [0.25, 0.3) is 0 Å². The van der Waals surface area contributed by atoms with E-state index in [2.05, 4.69) is 5.32 Å². The van der Waals surface area contributed by atoms with Crippen LogP contribution in [0.3, 0.4) is 0 Å². The summed E-state index contributed by atoms with van der Waals surface area (Å²) in [5.41, 5.74) is 5.53. The summed E-state index contributed by atoms with van der Waals surface area (Å²) < 4.78 is 4.92. The monoisotopic (exact) mass is 246 g/mol. The maximum absolute atomic E-state index is 11.7. The van der Waals surface area contributed by atoms with Crippen molar-refractivity contribution in [2.45, 2.75) is 32.6 Å². The zero-order valence-corrected chi connectivity index (χ0v) is 10.9. The van der Waals surface area contributed by atoms with Crippen LogP contribution in [0.1, 0.15) is 32.6 Å². The molecule has 3 N–H and O–H groups in total. The Hall–Kier alpha value is -0.680. The second-order valence-corrected chi connectivity index (χ2v) is 4.21. The molecule has 0 aromatic heterocycles. The van der Waals surface area contributed by atoms with E-state index in [1.54, 1.807) is 7.11 Å². The first-order chi connectivity index (χ1) is 7.63. The minimum atomic E-state index is -0.317. The average Bonchev–Trinajstić information content (AvgIpc) is 2.24. The van der Waals surface area contributed by atoms with Gasteiger partial charge < -0.3 is 15.8 Å². The van der Waals surface area contributed by atoms with Crippen molar-refractivity contribution in [3.05, 3.63) is 0 Å². The van der Waals surface area contributed by atoms with Gasteiger partial charge in [0.15, 0.2) is 0 Å². The molecule has 0 spiro atoms. The molecule has 1 amide bonds. The summed E-state index contributed by atoms with van der Waals surface area (Å²) in [4.78, 5) is 12.0. The number of hydrogen-bond acceptors (Lipinski definition) is 3. The van der Waals surface area contributed by atoms with E-state index in [4.69, 9.17) is 22.7 Å². The highest BCUT2D eigenvalue weighted by Crippen LogP contribution is 2.06. The SMILES string of the molecule is CCCC(C(=O)NCCCCOC)C(N)=S. The zero-order valence-electron chi connectivity index (χ0n) is 10.1. The molecule has 0 radical (unpaired) electrons. The van der Waals surface area contributed by atoms with E-state index >= 15 is 0 Å². The highest BCUT2D eigenvalue weighted by molar-refractivity contribution is 7.80. The molecule has 0 heterocycles. The summed E-state index contributed by atoms with van der Waals surface area (Å²) in [6.07, 6.45) is 3.48. The number of nitrogens with two attached hydrogens (primary N) is 1. The van der Waals surface area contributed by atoms with Gasteiger partial charge in [-0.25, -0.2) is 0 Å². The van der Waals surface area contributed by atoms with Crippen LogP contribution in [0.15, 0.2) is 0 Å². The lowest BCUT2D eigenvalue weighted by Crippen LogP contribution is -2.38. The number of methoxy groups -OCH3 is 1. The Morgan fingerprint density at radius 2 is 2.19 bits per heavy atom. The normalized spacial score (nSPS) is 12.1. The van der Waals surface area contributed by atoms with Gasteiger partial charge >= 0.3 is 0 Å². The number of amides is 1. The first-order valence-electron chi connectivity index (χ1n) is 5.69. The highest BCUT2D eigenvalue weighted by atomic mass is 32.1. The number of carbonyl (C=O) groups excluding carboxylic acids is 1. The molecule has 1 atom stereocenters. The van der Waals surface area contributed by atoms with Crippen LogP contribution < -0.4 is 11.1 Å². The molecule has 0 rings (SSSR count). The fraction of sp³-hybridized carbons (Fsp3) is 0.818. The maximum atomic E-state index is 11.7. The Labute approximate surface area is 103 Å². The van der Waals surface area contributed by atoms with Crippen molar-refractivity contribution >= 4 is 23.1 Å². The smallest absolute Gasteiger partial charge is 0.229 e. The zero-order chi connectivity index (χ0) is 12.4. The lowest BCUT2D eigenvalue weighted by molar-refractivity contribution is -0.123. The molecule has 0 aliphatic rings. The molecule has 1 unspecified atom stereocenters. The molecule has 0 saturated carbocycles. The second kappa shape index (κ2) is 9.54. The fourth-order valence-electron chi connectivity index (χ4n) is 1.40. The third-order valence-electron chi connectivity index (χ3n) is 2.31. The first-order valence-corrected chi connectivity index (χ1v) is 6.10. The van der Waals surface area contributed by atoms with E-state index in [0.717, 1.165) is 32.3 Å². The van der Waals surface area contributed by atoms with Crippen molar-refractivity contribution in [3.8, 4) is 0 Å². The van der Waals surface area contributed by atoms with Crippen molar-refractivity contribution in [2.75, 3.05) is 20.3 Å². The van der Waals surface area contributed by atoms with E-state index in [1.165, 1.54) is 0 Å². The molecular formula is C11H22N2O2S. The Bertz CT molecular complexity index is 222. The molecule has 0 aromatic carbocycles.